The summed E-state index contributed by atoms with van der Waals surface area (Å²) in [5.41, 5.74) is 1.40. The Morgan fingerprint density at radius 3 is 2.83 bits per heavy atom. The highest BCUT2D eigenvalue weighted by Gasteiger charge is 2.25. The predicted octanol–water partition coefficient (Wildman–Crippen LogP) is 2.46. The zero-order valence-electron chi connectivity index (χ0n) is 13.6. The summed E-state index contributed by atoms with van der Waals surface area (Å²) in [6.07, 6.45) is 2.64. The van der Waals surface area contributed by atoms with E-state index < -0.39 is 0 Å². The van der Waals surface area contributed by atoms with E-state index in [2.05, 4.69) is 10.2 Å². The molecule has 0 radical (unpaired) electrons. The van der Waals surface area contributed by atoms with E-state index in [9.17, 15) is 9.18 Å². The molecule has 3 rings (SSSR count). The lowest BCUT2D eigenvalue weighted by molar-refractivity contribution is 0.0572. The third-order valence-corrected chi connectivity index (χ3v) is 4.59. The van der Waals surface area contributed by atoms with E-state index >= 15 is 0 Å². The van der Waals surface area contributed by atoms with Gasteiger partial charge in [-0.3, -0.25) is 4.90 Å². The van der Waals surface area contributed by atoms with Crippen molar-refractivity contribution in [3.63, 3.8) is 0 Å². The minimum absolute atomic E-state index is 0.157. The minimum Gasteiger partial charge on any atom is -0.377 e. The summed E-state index contributed by atoms with van der Waals surface area (Å²) < 4.78 is 19.0. The zero-order valence-corrected chi connectivity index (χ0v) is 13.6. The molecule has 1 aromatic carbocycles. The Morgan fingerprint density at radius 1 is 1.35 bits per heavy atom. The molecule has 2 fully saturated rings. The van der Waals surface area contributed by atoms with E-state index in [1.165, 1.54) is 12.1 Å². The van der Waals surface area contributed by atoms with Crippen LogP contribution in [0.4, 0.5) is 14.9 Å². The van der Waals surface area contributed by atoms with E-state index in [4.69, 9.17) is 4.74 Å². The molecule has 2 saturated heterocycles. The summed E-state index contributed by atoms with van der Waals surface area (Å²) in [6.45, 7) is 6.78. The van der Waals surface area contributed by atoms with Crippen LogP contribution in [0.25, 0.3) is 0 Å². The molecule has 1 aromatic rings. The van der Waals surface area contributed by atoms with Crippen molar-refractivity contribution in [3.8, 4) is 0 Å². The van der Waals surface area contributed by atoms with E-state index in [0.29, 0.717) is 24.9 Å². The molecule has 0 bridgehead atoms. The maximum Gasteiger partial charge on any atom is 0.321 e. The SMILES string of the molecule is Cc1ccc(F)cc1NC(=O)N1CCN(C[C@H]2CCCO2)CC1. The van der Waals surface area contributed by atoms with Crippen LogP contribution in [0.2, 0.25) is 0 Å². The van der Waals surface area contributed by atoms with Crippen molar-refractivity contribution in [2.45, 2.75) is 25.9 Å². The predicted molar refractivity (Wildman–Crippen MR) is 87.1 cm³/mol. The van der Waals surface area contributed by atoms with Gasteiger partial charge in [0.2, 0.25) is 0 Å². The first kappa shape index (κ1) is 16.2. The van der Waals surface area contributed by atoms with Crippen molar-refractivity contribution >= 4 is 11.7 Å². The number of aryl methyl sites for hydroxylation is 1. The maximum atomic E-state index is 13.3. The molecule has 0 aromatic heterocycles. The average molecular weight is 321 g/mol. The number of carbonyl (C=O) groups is 1. The molecule has 0 aliphatic carbocycles. The summed E-state index contributed by atoms with van der Waals surface area (Å²) in [6, 6.07) is 4.27. The second-order valence-corrected chi connectivity index (χ2v) is 6.31. The second-order valence-electron chi connectivity index (χ2n) is 6.31. The first-order valence-corrected chi connectivity index (χ1v) is 8.28. The highest BCUT2D eigenvalue weighted by atomic mass is 19.1. The van der Waals surface area contributed by atoms with Crippen molar-refractivity contribution < 1.29 is 13.9 Å². The lowest BCUT2D eigenvalue weighted by Gasteiger charge is -2.35. The highest BCUT2D eigenvalue weighted by Crippen LogP contribution is 2.18. The number of ether oxygens (including phenoxy) is 1. The quantitative estimate of drug-likeness (QED) is 0.930. The number of halogens is 1. The Kier molecular flexibility index (Phi) is 5.13. The van der Waals surface area contributed by atoms with Crippen LogP contribution < -0.4 is 5.32 Å². The number of piperazine rings is 1. The number of nitrogens with one attached hydrogen (secondary N) is 1. The molecule has 2 aliphatic rings. The summed E-state index contributed by atoms with van der Waals surface area (Å²) in [7, 11) is 0. The molecule has 0 saturated carbocycles. The smallest absolute Gasteiger partial charge is 0.321 e. The van der Waals surface area contributed by atoms with Gasteiger partial charge in [0, 0.05) is 45.0 Å². The van der Waals surface area contributed by atoms with Crippen LogP contribution in [0.1, 0.15) is 18.4 Å². The van der Waals surface area contributed by atoms with Gasteiger partial charge in [0.05, 0.1) is 6.10 Å². The summed E-state index contributed by atoms with van der Waals surface area (Å²) >= 11 is 0. The Balaban J connectivity index is 1.48. The van der Waals surface area contributed by atoms with Crippen LogP contribution in [0.15, 0.2) is 18.2 Å². The van der Waals surface area contributed by atoms with Crippen LogP contribution in [-0.4, -0.2) is 61.3 Å². The van der Waals surface area contributed by atoms with Crippen molar-refractivity contribution in [2.24, 2.45) is 0 Å². The molecule has 2 amide bonds. The lowest BCUT2D eigenvalue weighted by Crippen LogP contribution is -2.51. The van der Waals surface area contributed by atoms with Crippen molar-refractivity contribution in [1.29, 1.82) is 0 Å². The van der Waals surface area contributed by atoms with E-state index in [0.717, 1.165) is 44.6 Å². The molecule has 2 aliphatic heterocycles. The summed E-state index contributed by atoms with van der Waals surface area (Å²) in [5.74, 6) is -0.340. The van der Waals surface area contributed by atoms with Crippen LogP contribution in [0.5, 0.6) is 0 Å². The van der Waals surface area contributed by atoms with Crippen LogP contribution in [0.3, 0.4) is 0 Å². The first-order valence-electron chi connectivity index (χ1n) is 8.28. The molecule has 0 unspecified atom stereocenters. The van der Waals surface area contributed by atoms with E-state index in [1.54, 1.807) is 11.0 Å². The van der Waals surface area contributed by atoms with E-state index in [-0.39, 0.29) is 11.8 Å². The fourth-order valence-corrected chi connectivity index (χ4v) is 3.13. The molecular formula is C17H24FN3O2. The van der Waals surface area contributed by atoms with Crippen molar-refractivity contribution in [3.05, 3.63) is 29.6 Å². The zero-order chi connectivity index (χ0) is 16.2. The number of anilines is 1. The molecule has 1 N–H and O–H groups in total. The van der Waals surface area contributed by atoms with Gasteiger partial charge in [0.1, 0.15) is 5.82 Å². The number of hydrogen-bond acceptors (Lipinski definition) is 3. The molecule has 6 heteroatoms. The van der Waals surface area contributed by atoms with Gasteiger partial charge in [-0.1, -0.05) is 6.07 Å². The van der Waals surface area contributed by atoms with Gasteiger partial charge in [0.25, 0.3) is 0 Å². The number of amides is 2. The molecule has 2 heterocycles. The van der Waals surface area contributed by atoms with Crippen molar-refractivity contribution in [2.75, 3.05) is 44.6 Å². The largest absolute Gasteiger partial charge is 0.377 e. The molecule has 5 nitrogen and oxygen atoms in total. The first-order chi connectivity index (χ1) is 11.1. The standard InChI is InChI=1S/C17H24FN3O2/c1-13-4-5-14(18)11-16(13)19-17(22)21-8-6-20(7-9-21)12-15-3-2-10-23-15/h4-5,11,15H,2-3,6-10,12H2,1H3,(H,19,22)/t15-/m1/s1. The van der Waals surface area contributed by atoms with E-state index in [1.807, 2.05) is 6.92 Å². The normalized spacial score (nSPS) is 22.3. The monoisotopic (exact) mass is 321 g/mol. The van der Waals surface area contributed by atoms with Gasteiger partial charge in [-0.2, -0.15) is 0 Å². The van der Waals surface area contributed by atoms with Gasteiger partial charge in [0.15, 0.2) is 0 Å². The lowest BCUT2D eigenvalue weighted by atomic mass is 10.2. The number of benzene rings is 1. The third-order valence-electron chi connectivity index (χ3n) is 4.59. The Morgan fingerprint density at radius 2 is 2.13 bits per heavy atom. The number of rotatable bonds is 3. The fourth-order valence-electron chi connectivity index (χ4n) is 3.13. The number of hydrogen-bond donors (Lipinski definition) is 1. The minimum atomic E-state index is -0.340. The number of nitrogens with zero attached hydrogens (tertiary/aromatic N) is 2. The fraction of sp³-hybridized carbons (Fsp3) is 0.588. The van der Waals surface area contributed by atoms with Gasteiger partial charge in [-0.15, -0.1) is 0 Å². The molecule has 23 heavy (non-hydrogen) atoms. The second kappa shape index (κ2) is 7.27. The average Bonchev–Trinajstić information content (AvgIpc) is 3.04. The van der Waals surface area contributed by atoms with Crippen LogP contribution >= 0.6 is 0 Å². The summed E-state index contributed by atoms with van der Waals surface area (Å²) in [4.78, 5) is 16.5. The Bertz CT molecular complexity index is 553. The third kappa shape index (κ3) is 4.20. The maximum absolute atomic E-state index is 13.3. The Labute approximate surface area is 136 Å². The highest BCUT2D eigenvalue weighted by molar-refractivity contribution is 5.90. The molecule has 1 atom stereocenters. The molecule has 0 spiro atoms. The van der Waals surface area contributed by atoms with Crippen molar-refractivity contribution in [1.82, 2.24) is 9.80 Å². The number of carbonyl (C=O) groups excluding carboxylic acids is 1. The van der Waals surface area contributed by atoms with Gasteiger partial charge >= 0.3 is 6.03 Å². The molecular weight excluding hydrogens is 297 g/mol. The molecule has 126 valence electrons. The topological polar surface area (TPSA) is 44.8 Å². The van der Waals surface area contributed by atoms with Gasteiger partial charge in [-0.25, -0.2) is 9.18 Å². The van der Waals surface area contributed by atoms with Gasteiger partial charge < -0.3 is 15.0 Å². The van der Waals surface area contributed by atoms with Crippen LogP contribution in [-0.2, 0) is 4.74 Å². The van der Waals surface area contributed by atoms with Crippen LogP contribution in [0, 0.1) is 12.7 Å². The number of urea groups is 1. The Hall–Kier alpha value is -1.66. The van der Waals surface area contributed by atoms with Gasteiger partial charge in [-0.05, 0) is 37.5 Å². The summed E-state index contributed by atoms with van der Waals surface area (Å²) in [5, 5.41) is 2.81.